The van der Waals surface area contributed by atoms with Crippen LogP contribution in [0.1, 0.15) is 11.3 Å². The number of carbonyl (C=O) groups excluding carboxylic acids is 2. The zero-order valence-electron chi connectivity index (χ0n) is 13.3. The summed E-state index contributed by atoms with van der Waals surface area (Å²) in [5.74, 6) is -1.00. The van der Waals surface area contributed by atoms with Crippen LogP contribution in [0.25, 0.3) is 17.1 Å². The van der Waals surface area contributed by atoms with Crippen LogP contribution in [0.2, 0.25) is 0 Å². The molecule has 2 aromatic heterocycles. The Hall–Kier alpha value is -3.48. The lowest BCUT2D eigenvalue weighted by Gasteiger charge is -2.14. The van der Waals surface area contributed by atoms with Crippen molar-refractivity contribution in [2.45, 2.75) is 12.5 Å². The maximum Gasteiger partial charge on any atom is 0.244 e. The number of amides is 2. The Morgan fingerprint density at radius 1 is 1.20 bits per heavy atom. The molecule has 0 saturated heterocycles. The van der Waals surface area contributed by atoms with E-state index in [1.807, 2.05) is 36.4 Å². The molecule has 0 aliphatic carbocycles. The van der Waals surface area contributed by atoms with Crippen molar-refractivity contribution in [2.24, 2.45) is 5.73 Å². The molecule has 0 spiro atoms. The van der Waals surface area contributed by atoms with Gasteiger partial charge in [-0.15, -0.1) is 0 Å². The van der Waals surface area contributed by atoms with E-state index in [-0.39, 0.29) is 0 Å². The van der Waals surface area contributed by atoms with E-state index in [1.54, 1.807) is 18.3 Å². The molecule has 7 nitrogen and oxygen atoms in total. The van der Waals surface area contributed by atoms with Crippen molar-refractivity contribution in [2.75, 3.05) is 0 Å². The largest absolute Gasteiger partial charge is 0.368 e. The lowest BCUT2D eigenvalue weighted by Crippen LogP contribution is -2.45. The van der Waals surface area contributed by atoms with Crippen LogP contribution in [0.4, 0.5) is 0 Å². The topological polar surface area (TPSA) is 114 Å². The number of fused-ring (bicyclic) bond motifs is 1. The number of nitrogens with zero attached hydrogens (tertiary/aromatic N) is 2. The lowest BCUT2D eigenvalue weighted by atomic mass is 10.1. The summed E-state index contributed by atoms with van der Waals surface area (Å²) in [5, 5.41) is 10.3. The fraction of sp³-hybridized carbons (Fsp3) is 0.111. The number of carbonyl (C=O) groups is 2. The predicted octanol–water partition coefficient (Wildman–Crippen LogP) is 1.18. The van der Waals surface area contributed by atoms with Crippen LogP contribution in [-0.4, -0.2) is 33.0 Å². The molecule has 0 aliphatic heterocycles. The second-order valence-electron chi connectivity index (χ2n) is 5.50. The normalized spacial score (nSPS) is 12.3. The first kappa shape index (κ1) is 16.4. The Labute approximate surface area is 143 Å². The van der Waals surface area contributed by atoms with E-state index in [0.717, 1.165) is 10.9 Å². The van der Waals surface area contributed by atoms with Gasteiger partial charge in [0.25, 0.3) is 0 Å². The molecule has 0 radical (unpaired) electrons. The van der Waals surface area contributed by atoms with Gasteiger partial charge in [-0.2, -0.15) is 5.10 Å². The average molecular weight is 335 g/mol. The van der Waals surface area contributed by atoms with E-state index in [0.29, 0.717) is 17.8 Å². The van der Waals surface area contributed by atoms with Crippen molar-refractivity contribution in [3.8, 4) is 0 Å². The van der Waals surface area contributed by atoms with E-state index in [2.05, 4.69) is 20.5 Å². The van der Waals surface area contributed by atoms with Gasteiger partial charge in [-0.05, 0) is 23.8 Å². The van der Waals surface area contributed by atoms with Crippen molar-refractivity contribution in [1.82, 2.24) is 20.5 Å². The molecule has 0 unspecified atom stereocenters. The minimum absolute atomic E-state index is 0.338. The van der Waals surface area contributed by atoms with Gasteiger partial charge in [0.1, 0.15) is 6.04 Å². The van der Waals surface area contributed by atoms with Crippen molar-refractivity contribution in [3.63, 3.8) is 0 Å². The summed E-state index contributed by atoms with van der Waals surface area (Å²) in [6, 6.07) is 12.2. The fourth-order valence-electron chi connectivity index (χ4n) is 2.45. The molecule has 3 rings (SSSR count). The number of nitrogens with one attached hydrogen (secondary N) is 2. The van der Waals surface area contributed by atoms with Gasteiger partial charge in [0, 0.05) is 24.1 Å². The third-order valence-corrected chi connectivity index (χ3v) is 3.70. The number of aromatic nitrogens is 3. The molecule has 1 aromatic carbocycles. The Morgan fingerprint density at radius 2 is 2.00 bits per heavy atom. The summed E-state index contributed by atoms with van der Waals surface area (Å²) >= 11 is 0. The molecule has 0 aliphatic rings. The van der Waals surface area contributed by atoms with Gasteiger partial charge in [-0.25, -0.2) is 4.98 Å². The van der Waals surface area contributed by atoms with Crippen LogP contribution in [0, 0.1) is 0 Å². The molecule has 0 fully saturated rings. The van der Waals surface area contributed by atoms with E-state index in [1.165, 1.54) is 6.08 Å². The number of primary amides is 1. The van der Waals surface area contributed by atoms with Gasteiger partial charge < -0.3 is 11.1 Å². The predicted molar refractivity (Wildman–Crippen MR) is 94.2 cm³/mol. The van der Waals surface area contributed by atoms with Gasteiger partial charge in [-0.3, -0.25) is 14.7 Å². The van der Waals surface area contributed by atoms with Crippen molar-refractivity contribution in [1.29, 1.82) is 0 Å². The molecule has 7 heteroatoms. The van der Waals surface area contributed by atoms with Crippen LogP contribution >= 0.6 is 0 Å². The molecule has 2 heterocycles. The van der Waals surface area contributed by atoms with Crippen LogP contribution in [0.15, 0.2) is 54.7 Å². The van der Waals surface area contributed by atoms with E-state index < -0.39 is 17.9 Å². The molecule has 2 amide bonds. The lowest BCUT2D eigenvalue weighted by molar-refractivity contribution is -0.124. The number of benzene rings is 1. The number of aromatic amines is 1. The summed E-state index contributed by atoms with van der Waals surface area (Å²) in [6.45, 7) is 0. The third-order valence-electron chi connectivity index (χ3n) is 3.70. The molecular weight excluding hydrogens is 318 g/mol. The number of nitrogens with two attached hydrogens (primary N) is 1. The summed E-state index contributed by atoms with van der Waals surface area (Å²) < 4.78 is 0. The summed E-state index contributed by atoms with van der Waals surface area (Å²) in [4.78, 5) is 27.9. The SMILES string of the molecule is NC(=O)[C@H](Cc1ccccc1)NC(=O)/C=C/c1n[nH]c2ncccc12. The van der Waals surface area contributed by atoms with E-state index in [9.17, 15) is 9.59 Å². The molecule has 25 heavy (non-hydrogen) atoms. The average Bonchev–Trinajstić information content (AvgIpc) is 3.03. The van der Waals surface area contributed by atoms with Gasteiger partial charge in [0.05, 0.1) is 5.69 Å². The number of hydrogen-bond acceptors (Lipinski definition) is 4. The van der Waals surface area contributed by atoms with Gasteiger partial charge in [0.15, 0.2) is 5.65 Å². The quantitative estimate of drug-likeness (QED) is 0.587. The van der Waals surface area contributed by atoms with Gasteiger partial charge >= 0.3 is 0 Å². The molecule has 0 bridgehead atoms. The molecule has 3 aromatic rings. The Bertz CT molecular complexity index is 917. The number of hydrogen-bond donors (Lipinski definition) is 3. The van der Waals surface area contributed by atoms with Crippen LogP contribution in [0.5, 0.6) is 0 Å². The third kappa shape index (κ3) is 4.08. The second-order valence-corrected chi connectivity index (χ2v) is 5.50. The summed E-state index contributed by atoms with van der Waals surface area (Å²) in [6.07, 6.45) is 4.88. The van der Waals surface area contributed by atoms with Gasteiger partial charge in [0.2, 0.25) is 11.8 Å². The standard InChI is InChI=1S/C18H17N5O2/c19-17(25)15(11-12-5-2-1-3-6-12)21-16(24)9-8-14-13-7-4-10-20-18(13)23-22-14/h1-10,15H,11H2,(H2,19,25)(H,21,24)(H,20,22,23)/b9-8+/t15-/m0/s1. The fourth-order valence-corrected chi connectivity index (χ4v) is 2.45. The Kier molecular flexibility index (Phi) is 4.84. The van der Waals surface area contributed by atoms with Crippen LogP contribution in [-0.2, 0) is 16.0 Å². The van der Waals surface area contributed by atoms with Crippen molar-refractivity contribution < 1.29 is 9.59 Å². The minimum Gasteiger partial charge on any atom is -0.368 e. The van der Waals surface area contributed by atoms with Crippen LogP contribution < -0.4 is 11.1 Å². The summed E-state index contributed by atoms with van der Waals surface area (Å²) in [5.41, 5.74) is 7.55. The van der Waals surface area contributed by atoms with E-state index >= 15 is 0 Å². The highest BCUT2D eigenvalue weighted by Crippen LogP contribution is 2.13. The molecule has 0 saturated carbocycles. The Morgan fingerprint density at radius 3 is 2.76 bits per heavy atom. The van der Waals surface area contributed by atoms with Crippen molar-refractivity contribution in [3.05, 3.63) is 66.0 Å². The molecule has 1 atom stereocenters. The number of rotatable bonds is 6. The molecular formula is C18H17N5O2. The smallest absolute Gasteiger partial charge is 0.244 e. The monoisotopic (exact) mass is 335 g/mol. The first-order valence-corrected chi connectivity index (χ1v) is 7.74. The zero-order chi connectivity index (χ0) is 17.6. The number of H-pyrrole nitrogens is 1. The first-order chi connectivity index (χ1) is 12.1. The molecule has 4 N–H and O–H groups in total. The van der Waals surface area contributed by atoms with Gasteiger partial charge in [-0.1, -0.05) is 30.3 Å². The minimum atomic E-state index is -0.780. The van der Waals surface area contributed by atoms with Crippen LogP contribution in [0.3, 0.4) is 0 Å². The summed E-state index contributed by atoms with van der Waals surface area (Å²) in [7, 11) is 0. The Balaban J connectivity index is 1.68. The highest BCUT2D eigenvalue weighted by Gasteiger charge is 2.17. The zero-order valence-corrected chi connectivity index (χ0v) is 13.3. The maximum absolute atomic E-state index is 12.1. The second kappa shape index (κ2) is 7.39. The first-order valence-electron chi connectivity index (χ1n) is 7.74. The number of pyridine rings is 1. The molecule has 126 valence electrons. The highest BCUT2D eigenvalue weighted by molar-refractivity contribution is 5.97. The highest BCUT2D eigenvalue weighted by atomic mass is 16.2. The maximum atomic E-state index is 12.1. The van der Waals surface area contributed by atoms with E-state index in [4.69, 9.17) is 5.73 Å². The van der Waals surface area contributed by atoms with Crippen molar-refractivity contribution >= 4 is 28.9 Å².